The van der Waals surface area contributed by atoms with Gasteiger partial charge in [0.15, 0.2) is 15.7 Å². The van der Waals surface area contributed by atoms with Crippen LogP contribution in [-0.2, 0) is 14.6 Å². The Kier molecular flexibility index (Phi) is 2.19. The third-order valence-electron chi connectivity index (χ3n) is 2.06. The van der Waals surface area contributed by atoms with Crippen LogP contribution in [0.5, 0.6) is 0 Å². The molecule has 0 aliphatic carbocycles. The molecular weight excluding hydrogens is 190 g/mol. The van der Waals surface area contributed by atoms with Gasteiger partial charge in [0, 0.05) is 6.26 Å². The zero-order valence-corrected chi connectivity index (χ0v) is 8.94. The number of aromatic amines is 1. The lowest BCUT2D eigenvalue weighted by molar-refractivity contribution is 0.550. The van der Waals surface area contributed by atoms with Gasteiger partial charge in [-0.1, -0.05) is 0 Å². The topological polar surface area (TPSA) is 75.7 Å². The molecule has 1 rings (SSSR count). The maximum absolute atomic E-state index is 11.4. The number of nitrogens with one attached hydrogen (secondary N) is 1. The molecule has 74 valence electrons. The van der Waals surface area contributed by atoms with Gasteiger partial charge in [-0.05, 0) is 20.8 Å². The molecule has 0 radical (unpaired) electrons. The highest BCUT2D eigenvalue weighted by Gasteiger charge is 2.36. The first kappa shape index (κ1) is 10.2. The molecule has 0 atom stereocenters. The smallest absolute Gasteiger partial charge is 0.171 e. The quantitative estimate of drug-likeness (QED) is 0.754. The summed E-state index contributed by atoms with van der Waals surface area (Å²) in [5.41, 5.74) is 0. The third kappa shape index (κ3) is 1.72. The van der Waals surface area contributed by atoms with E-state index in [0.717, 1.165) is 0 Å². The van der Waals surface area contributed by atoms with Gasteiger partial charge in [0.1, 0.15) is 10.6 Å². The molecular formula is C7H13N3O2S. The van der Waals surface area contributed by atoms with Crippen molar-refractivity contribution in [2.75, 3.05) is 6.26 Å². The summed E-state index contributed by atoms with van der Waals surface area (Å²) in [4.78, 5) is 4.00. The fourth-order valence-corrected chi connectivity index (χ4v) is 1.20. The molecule has 5 nitrogen and oxygen atoms in total. The Balaban J connectivity index is 3.23. The van der Waals surface area contributed by atoms with Gasteiger partial charge >= 0.3 is 0 Å². The number of rotatable bonds is 2. The van der Waals surface area contributed by atoms with Gasteiger partial charge < -0.3 is 0 Å². The largest absolute Gasteiger partial charge is 0.263 e. The average Bonchev–Trinajstić information content (AvgIpc) is 2.33. The highest BCUT2D eigenvalue weighted by atomic mass is 32.2. The van der Waals surface area contributed by atoms with E-state index in [1.165, 1.54) is 6.26 Å². The Morgan fingerprint density at radius 3 is 2.23 bits per heavy atom. The summed E-state index contributed by atoms with van der Waals surface area (Å²) in [6.45, 7) is 4.91. The van der Waals surface area contributed by atoms with Crippen molar-refractivity contribution >= 4 is 9.84 Å². The van der Waals surface area contributed by atoms with Gasteiger partial charge in [0.05, 0.1) is 0 Å². The highest BCUT2D eigenvalue weighted by molar-refractivity contribution is 7.91. The van der Waals surface area contributed by atoms with Gasteiger partial charge in [-0.25, -0.2) is 13.4 Å². The summed E-state index contributed by atoms with van der Waals surface area (Å²) in [6, 6.07) is 0. The van der Waals surface area contributed by atoms with E-state index >= 15 is 0 Å². The first-order valence-electron chi connectivity index (χ1n) is 3.84. The van der Waals surface area contributed by atoms with Crippen LogP contribution < -0.4 is 0 Å². The van der Waals surface area contributed by atoms with Crippen molar-refractivity contribution in [3.05, 3.63) is 11.6 Å². The fraction of sp³-hybridized carbons (Fsp3) is 0.714. The maximum Gasteiger partial charge on any atom is 0.171 e. The van der Waals surface area contributed by atoms with Gasteiger partial charge in [0.2, 0.25) is 0 Å². The Hall–Kier alpha value is -0.910. The third-order valence-corrected chi connectivity index (χ3v) is 4.10. The molecule has 0 aliphatic rings. The van der Waals surface area contributed by atoms with Crippen LogP contribution >= 0.6 is 0 Å². The molecule has 6 heteroatoms. The minimum Gasteiger partial charge on any atom is -0.263 e. The monoisotopic (exact) mass is 203 g/mol. The van der Waals surface area contributed by atoms with Crippen LogP contribution in [0.15, 0.2) is 0 Å². The Labute approximate surface area is 77.5 Å². The summed E-state index contributed by atoms with van der Waals surface area (Å²) in [5.74, 6) is 0.930. The van der Waals surface area contributed by atoms with Gasteiger partial charge in [-0.15, -0.1) is 0 Å². The van der Waals surface area contributed by atoms with Gasteiger partial charge in [-0.2, -0.15) is 5.10 Å². The molecule has 1 heterocycles. The van der Waals surface area contributed by atoms with E-state index in [0.29, 0.717) is 11.6 Å². The van der Waals surface area contributed by atoms with Crippen molar-refractivity contribution in [1.29, 1.82) is 0 Å². The van der Waals surface area contributed by atoms with Crippen molar-refractivity contribution in [3.8, 4) is 0 Å². The highest BCUT2D eigenvalue weighted by Crippen LogP contribution is 2.25. The van der Waals surface area contributed by atoms with E-state index in [1.54, 1.807) is 20.8 Å². The number of sulfone groups is 1. The van der Waals surface area contributed by atoms with Crippen LogP contribution in [0.1, 0.15) is 25.5 Å². The van der Waals surface area contributed by atoms with Crippen LogP contribution in [0.25, 0.3) is 0 Å². The number of H-pyrrole nitrogens is 1. The fourth-order valence-electron chi connectivity index (χ4n) is 0.778. The Morgan fingerprint density at radius 2 is 1.92 bits per heavy atom. The zero-order valence-electron chi connectivity index (χ0n) is 8.12. The normalized spacial score (nSPS) is 13.2. The van der Waals surface area contributed by atoms with Crippen molar-refractivity contribution in [3.63, 3.8) is 0 Å². The van der Waals surface area contributed by atoms with E-state index in [2.05, 4.69) is 15.2 Å². The molecule has 0 unspecified atom stereocenters. The zero-order chi connectivity index (χ0) is 10.3. The molecule has 0 amide bonds. The second-order valence-corrected chi connectivity index (χ2v) is 6.09. The minimum absolute atomic E-state index is 0.313. The first-order chi connectivity index (χ1) is 5.75. The molecule has 1 aromatic heterocycles. The van der Waals surface area contributed by atoms with E-state index in [9.17, 15) is 8.42 Å². The molecule has 0 fully saturated rings. The summed E-state index contributed by atoms with van der Waals surface area (Å²) < 4.78 is 21.7. The standard InChI is InChI=1S/C7H13N3O2S/c1-5-8-6(10-9-5)7(2,3)13(4,11)12/h1-4H3,(H,8,9,10). The lowest BCUT2D eigenvalue weighted by Gasteiger charge is -2.17. The summed E-state index contributed by atoms with van der Waals surface area (Å²) in [7, 11) is -3.19. The minimum atomic E-state index is -3.19. The van der Waals surface area contributed by atoms with E-state index in [1.807, 2.05) is 0 Å². The number of hydrogen-bond donors (Lipinski definition) is 1. The molecule has 0 spiro atoms. The second kappa shape index (κ2) is 2.80. The molecule has 0 aliphatic heterocycles. The maximum atomic E-state index is 11.4. The Bertz CT molecular complexity index is 405. The van der Waals surface area contributed by atoms with Crippen LogP contribution in [0.3, 0.4) is 0 Å². The van der Waals surface area contributed by atoms with Crippen molar-refractivity contribution in [1.82, 2.24) is 15.2 Å². The van der Waals surface area contributed by atoms with Crippen LogP contribution in [0.2, 0.25) is 0 Å². The Morgan fingerprint density at radius 1 is 1.38 bits per heavy atom. The van der Waals surface area contributed by atoms with Crippen LogP contribution in [0.4, 0.5) is 0 Å². The molecule has 1 aromatic rings. The number of aromatic nitrogens is 3. The van der Waals surface area contributed by atoms with E-state index in [4.69, 9.17) is 0 Å². The van der Waals surface area contributed by atoms with Crippen molar-refractivity contribution in [2.24, 2.45) is 0 Å². The number of aryl methyl sites for hydroxylation is 1. The first-order valence-corrected chi connectivity index (χ1v) is 5.73. The lowest BCUT2D eigenvalue weighted by Crippen LogP contribution is -2.29. The van der Waals surface area contributed by atoms with Crippen molar-refractivity contribution in [2.45, 2.75) is 25.5 Å². The predicted molar refractivity (Wildman–Crippen MR) is 49.0 cm³/mol. The number of hydrogen-bond acceptors (Lipinski definition) is 4. The predicted octanol–water partition coefficient (Wildman–Crippen LogP) is 0.393. The molecule has 13 heavy (non-hydrogen) atoms. The van der Waals surface area contributed by atoms with E-state index in [-0.39, 0.29) is 0 Å². The molecule has 0 bridgehead atoms. The average molecular weight is 203 g/mol. The van der Waals surface area contributed by atoms with Gasteiger partial charge in [0.25, 0.3) is 0 Å². The molecule has 0 saturated heterocycles. The lowest BCUT2D eigenvalue weighted by atomic mass is 10.2. The SMILES string of the molecule is Cc1nc(C(C)(C)S(C)(=O)=O)n[nH]1. The summed E-state index contributed by atoms with van der Waals surface area (Å²) in [6.07, 6.45) is 1.18. The van der Waals surface area contributed by atoms with Crippen LogP contribution in [-0.4, -0.2) is 29.9 Å². The molecule has 0 aromatic carbocycles. The number of nitrogens with zero attached hydrogens (tertiary/aromatic N) is 2. The van der Waals surface area contributed by atoms with Crippen LogP contribution in [0, 0.1) is 6.92 Å². The second-order valence-electron chi connectivity index (χ2n) is 3.53. The summed E-state index contributed by atoms with van der Waals surface area (Å²) >= 11 is 0. The summed E-state index contributed by atoms with van der Waals surface area (Å²) in [5, 5.41) is 6.46. The van der Waals surface area contributed by atoms with Gasteiger partial charge in [-0.3, -0.25) is 5.10 Å². The molecule has 0 saturated carbocycles. The van der Waals surface area contributed by atoms with E-state index < -0.39 is 14.6 Å². The molecule has 1 N–H and O–H groups in total. The van der Waals surface area contributed by atoms with Crippen molar-refractivity contribution < 1.29 is 8.42 Å².